The number of rotatable bonds is 7. The van der Waals surface area contributed by atoms with E-state index in [4.69, 9.17) is 0 Å². The predicted molar refractivity (Wildman–Crippen MR) is 103 cm³/mol. The summed E-state index contributed by atoms with van der Waals surface area (Å²) in [6, 6.07) is 7.91. The Morgan fingerprint density at radius 3 is 2.36 bits per heavy atom. The summed E-state index contributed by atoms with van der Waals surface area (Å²) in [5.41, 5.74) is 0.558. The Hall–Kier alpha value is -2.36. The Morgan fingerprint density at radius 1 is 1.07 bits per heavy atom. The second-order valence-corrected chi connectivity index (χ2v) is 8.73. The summed E-state index contributed by atoms with van der Waals surface area (Å²) in [5.74, 6) is -1.80. The molecule has 0 aromatic heterocycles. The summed E-state index contributed by atoms with van der Waals surface area (Å²) in [4.78, 5) is 12.5. The zero-order valence-corrected chi connectivity index (χ0v) is 16.8. The third-order valence-electron chi connectivity index (χ3n) is 4.20. The third-order valence-corrected chi connectivity index (χ3v) is 6.01. The first kappa shape index (κ1) is 21.9. The van der Waals surface area contributed by atoms with Crippen LogP contribution in [0, 0.1) is 11.6 Å². The van der Waals surface area contributed by atoms with Crippen LogP contribution in [0.25, 0.3) is 0 Å². The monoisotopic (exact) mass is 411 g/mol. The van der Waals surface area contributed by atoms with E-state index in [1.54, 1.807) is 19.9 Å². The van der Waals surface area contributed by atoms with Gasteiger partial charge in [-0.3, -0.25) is 10.1 Å². The molecule has 0 aliphatic rings. The molecule has 152 valence electrons. The van der Waals surface area contributed by atoms with E-state index in [1.807, 2.05) is 0 Å². The maximum Gasteiger partial charge on any atom is 0.242 e. The lowest BCUT2D eigenvalue weighted by atomic mass is 10.1. The molecule has 9 heteroatoms. The van der Waals surface area contributed by atoms with Gasteiger partial charge in [-0.25, -0.2) is 21.5 Å². The molecule has 0 radical (unpaired) electrons. The molecule has 2 atom stereocenters. The topological polar surface area (TPSA) is 78.5 Å². The van der Waals surface area contributed by atoms with Crippen LogP contribution in [0.5, 0.6) is 0 Å². The number of sulfonamides is 1. The number of carbonyl (C=O) groups excluding carboxylic acids is 1. The van der Waals surface area contributed by atoms with Crippen LogP contribution in [0.1, 0.15) is 25.5 Å². The molecule has 2 aromatic rings. The van der Waals surface area contributed by atoms with Crippen LogP contribution >= 0.6 is 0 Å². The summed E-state index contributed by atoms with van der Waals surface area (Å²) in [7, 11) is -0.786. The van der Waals surface area contributed by atoms with Gasteiger partial charge in [0.2, 0.25) is 15.9 Å². The second kappa shape index (κ2) is 8.76. The zero-order valence-electron chi connectivity index (χ0n) is 16.0. The fourth-order valence-corrected chi connectivity index (χ4v) is 3.54. The molecule has 0 saturated heterocycles. The predicted octanol–water partition coefficient (Wildman–Crippen LogP) is 2.89. The average Bonchev–Trinajstić information content (AvgIpc) is 2.61. The molecule has 0 aliphatic heterocycles. The van der Waals surface area contributed by atoms with Crippen LogP contribution < -0.4 is 10.6 Å². The van der Waals surface area contributed by atoms with Crippen molar-refractivity contribution in [2.75, 3.05) is 19.4 Å². The lowest BCUT2D eigenvalue weighted by Crippen LogP contribution is -2.39. The van der Waals surface area contributed by atoms with Gasteiger partial charge in [-0.1, -0.05) is 12.1 Å². The maximum absolute atomic E-state index is 13.9. The van der Waals surface area contributed by atoms with Crippen LogP contribution in [0.2, 0.25) is 0 Å². The van der Waals surface area contributed by atoms with E-state index in [2.05, 4.69) is 10.6 Å². The quantitative estimate of drug-likeness (QED) is 0.734. The fraction of sp³-hybridized carbons (Fsp3) is 0.316. The molecule has 0 unspecified atom stereocenters. The van der Waals surface area contributed by atoms with Gasteiger partial charge in [0.25, 0.3) is 0 Å². The van der Waals surface area contributed by atoms with Crippen molar-refractivity contribution in [1.82, 2.24) is 9.62 Å². The first-order valence-corrected chi connectivity index (χ1v) is 10.0. The minimum Gasteiger partial charge on any atom is -0.325 e. The molecule has 1 amide bonds. The Morgan fingerprint density at radius 2 is 1.75 bits per heavy atom. The molecule has 0 spiro atoms. The Kier molecular flexibility index (Phi) is 6.87. The van der Waals surface area contributed by atoms with Crippen molar-refractivity contribution in [3.63, 3.8) is 0 Å². The van der Waals surface area contributed by atoms with Gasteiger partial charge in [0.15, 0.2) is 0 Å². The summed E-state index contributed by atoms with van der Waals surface area (Å²) >= 11 is 0. The van der Waals surface area contributed by atoms with E-state index in [0.29, 0.717) is 5.69 Å². The Bertz CT molecular complexity index is 965. The van der Waals surface area contributed by atoms with E-state index >= 15 is 0 Å². The Balaban J connectivity index is 2.08. The van der Waals surface area contributed by atoms with Crippen LogP contribution in [-0.2, 0) is 14.8 Å². The van der Waals surface area contributed by atoms with Gasteiger partial charge in [-0.05, 0) is 38.1 Å². The lowest BCUT2D eigenvalue weighted by molar-refractivity contribution is -0.117. The number of nitrogens with zero attached hydrogens (tertiary/aromatic N) is 1. The first-order chi connectivity index (χ1) is 13.0. The van der Waals surface area contributed by atoms with E-state index in [9.17, 15) is 22.0 Å². The number of benzene rings is 2. The lowest BCUT2D eigenvalue weighted by Gasteiger charge is -2.20. The van der Waals surface area contributed by atoms with E-state index in [1.165, 1.54) is 38.4 Å². The minimum absolute atomic E-state index is 0.0534. The molecule has 2 aromatic carbocycles. The van der Waals surface area contributed by atoms with E-state index in [0.717, 1.165) is 16.4 Å². The van der Waals surface area contributed by atoms with Crippen molar-refractivity contribution < 1.29 is 22.0 Å². The highest BCUT2D eigenvalue weighted by atomic mass is 32.2. The molecule has 28 heavy (non-hydrogen) atoms. The minimum atomic E-state index is -3.62. The average molecular weight is 411 g/mol. The van der Waals surface area contributed by atoms with Gasteiger partial charge >= 0.3 is 0 Å². The van der Waals surface area contributed by atoms with E-state index < -0.39 is 39.6 Å². The largest absolute Gasteiger partial charge is 0.325 e. The molecule has 0 heterocycles. The maximum atomic E-state index is 13.9. The van der Waals surface area contributed by atoms with Crippen LogP contribution in [0.3, 0.4) is 0 Å². The van der Waals surface area contributed by atoms with Crippen LogP contribution in [0.15, 0.2) is 47.4 Å². The highest BCUT2D eigenvalue weighted by Crippen LogP contribution is 2.20. The van der Waals surface area contributed by atoms with Crippen LogP contribution in [0.4, 0.5) is 14.5 Å². The summed E-state index contributed by atoms with van der Waals surface area (Å²) < 4.78 is 52.4. The van der Waals surface area contributed by atoms with Gasteiger partial charge in [0.05, 0.1) is 10.9 Å². The van der Waals surface area contributed by atoms with Gasteiger partial charge in [-0.15, -0.1) is 0 Å². The molecule has 6 nitrogen and oxygen atoms in total. The number of hydrogen-bond acceptors (Lipinski definition) is 4. The molecule has 2 N–H and O–H groups in total. The summed E-state index contributed by atoms with van der Waals surface area (Å²) in [6.07, 6.45) is 0. The van der Waals surface area contributed by atoms with Crippen molar-refractivity contribution in [3.8, 4) is 0 Å². The smallest absolute Gasteiger partial charge is 0.242 e. The van der Waals surface area contributed by atoms with Gasteiger partial charge in [0.1, 0.15) is 11.6 Å². The molecular weight excluding hydrogens is 388 g/mol. The highest BCUT2D eigenvalue weighted by Gasteiger charge is 2.21. The zero-order chi connectivity index (χ0) is 21.1. The molecule has 0 aliphatic carbocycles. The number of amides is 1. The number of hydrogen-bond donors (Lipinski definition) is 2. The number of halogens is 2. The van der Waals surface area contributed by atoms with Gasteiger partial charge in [0, 0.05) is 37.5 Å². The molecule has 2 rings (SSSR count). The van der Waals surface area contributed by atoms with Crippen molar-refractivity contribution in [2.24, 2.45) is 0 Å². The molecular formula is C19H23F2N3O3S. The van der Waals surface area contributed by atoms with Crippen LogP contribution in [-0.4, -0.2) is 38.8 Å². The van der Waals surface area contributed by atoms with Crippen molar-refractivity contribution >= 4 is 21.6 Å². The molecule has 0 bridgehead atoms. The normalized spacial score (nSPS) is 14.0. The number of carbonyl (C=O) groups is 1. The first-order valence-electron chi connectivity index (χ1n) is 8.57. The molecule has 0 saturated carbocycles. The standard InChI is InChI=1S/C19H23F2N3O3S/c1-12(17-9-8-14(20)10-18(17)21)22-13(2)19(25)23-15-6-5-7-16(11-15)28(26,27)24(3)4/h5-13,22H,1-4H3,(H,23,25)/t12-,13-/m1/s1. The van der Waals surface area contributed by atoms with Crippen molar-refractivity contribution in [3.05, 3.63) is 59.7 Å². The Labute approximate surface area is 163 Å². The third kappa shape index (κ3) is 5.12. The fourth-order valence-electron chi connectivity index (χ4n) is 2.59. The number of anilines is 1. The van der Waals surface area contributed by atoms with Gasteiger partial charge in [-0.2, -0.15) is 0 Å². The van der Waals surface area contributed by atoms with Gasteiger partial charge < -0.3 is 5.32 Å². The molecule has 0 fully saturated rings. The number of nitrogens with one attached hydrogen (secondary N) is 2. The van der Waals surface area contributed by atoms with Crippen molar-refractivity contribution in [1.29, 1.82) is 0 Å². The summed E-state index contributed by atoms with van der Waals surface area (Å²) in [5, 5.41) is 5.57. The van der Waals surface area contributed by atoms with Crippen molar-refractivity contribution in [2.45, 2.75) is 30.8 Å². The highest BCUT2D eigenvalue weighted by molar-refractivity contribution is 7.89. The summed E-state index contributed by atoms with van der Waals surface area (Å²) in [6.45, 7) is 3.25. The second-order valence-electron chi connectivity index (χ2n) is 6.58. The SMILES string of the molecule is C[C@@H](N[C@H](C)c1ccc(F)cc1F)C(=O)Nc1cccc(S(=O)(=O)N(C)C)c1. The van der Waals surface area contributed by atoms with E-state index in [-0.39, 0.29) is 10.5 Å².